The maximum absolute atomic E-state index is 12.0. The molecule has 1 aromatic rings. The van der Waals surface area contributed by atoms with Crippen LogP contribution in [-0.2, 0) is 4.79 Å². The van der Waals surface area contributed by atoms with E-state index >= 15 is 0 Å². The molecule has 0 aromatic heterocycles. The molecule has 1 aromatic carbocycles. The molecule has 0 N–H and O–H groups in total. The van der Waals surface area contributed by atoms with Crippen molar-refractivity contribution in [3.63, 3.8) is 0 Å². The number of halogens is 1. The maximum atomic E-state index is 12.0. The van der Waals surface area contributed by atoms with E-state index in [0.29, 0.717) is 5.75 Å². The number of amides is 1. The molecule has 0 bridgehead atoms. The topological polar surface area (TPSA) is 29.5 Å². The fourth-order valence-corrected chi connectivity index (χ4v) is 1.86. The lowest BCUT2D eigenvalue weighted by atomic mass is 10.0. The lowest BCUT2D eigenvalue weighted by Gasteiger charge is -2.36. The van der Waals surface area contributed by atoms with Crippen molar-refractivity contribution in [3.8, 4) is 5.75 Å². The Bertz CT molecular complexity index is 399. The van der Waals surface area contributed by atoms with Crippen molar-refractivity contribution in [1.29, 1.82) is 0 Å². The van der Waals surface area contributed by atoms with E-state index in [-0.39, 0.29) is 17.3 Å². The number of anilines is 1. The number of rotatable bonds is 3. The first kappa shape index (κ1) is 13.8. The van der Waals surface area contributed by atoms with E-state index in [1.165, 1.54) is 0 Å². The van der Waals surface area contributed by atoms with Crippen LogP contribution in [0, 0.1) is 0 Å². The first-order valence-corrected chi connectivity index (χ1v) is 5.97. The summed E-state index contributed by atoms with van der Waals surface area (Å²) in [5.41, 5.74) is 0.397. The summed E-state index contributed by atoms with van der Waals surface area (Å²) in [5.74, 6) is 0.486. The van der Waals surface area contributed by atoms with E-state index in [2.05, 4.69) is 0 Å². The molecule has 0 fully saturated rings. The third kappa shape index (κ3) is 3.13. The van der Waals surface area contributed by atoms with Crippen molar-refractivity contribution in [2.24, 2.45) is 0 Å². The van der Waals surface area contributed by atoms with Crippen LogP contribution in [0.2, 0.25) is 0 Å². The van der Waals surface area contributed by atoms with Crippen LogP contribution in [0.15, 0.2) is 24.3 Å². The Morgan fingerprint density at radius 1 is 1.35 bits per heavy atom. The van der Waals surface area contributed by atoms with Crippen LogP contribution in [0.3, 0.4) is 0 Å². The van der Waals surface area contributed by atoms with E-state index in [0.717, 1.165) is 5.69 Å². The number of methoxy groups -OCH3 is 1. The van der Waals surface area contributed by atoms with Gasteiger partial charge in [0.05, 0.1) is 12.8 Å². The van der Waals surface area contributed by atoms with E-state index < -0.39 is 0 Å². The fourth-order valence-electron chi connectivity index (χ4n) is 1.74. The van der Waals surface area contributed by atoms with Gasteiger partial charge in [0.15, 0.2) is 0 Å². The van der Waals surface area contributed by atoms with Gasteiger partial charge in [-0.25, -0.2) is 0 Å². The van der Waals surface area contributed by atoms with Crippen LogP contribution in [0.4, 0.5) is 5.69 Å². The second-order valence-electron chi connectivity index (χ2n) is 4.71. The Morgan fingerprint density at radius 2 is 1.94 bits per heavy atom. The Labute approximate surface area is 107 Å². The molecule has 0 saturated carbocycles. The third-order valence-corrected chi connectivity index (χ3v) is 2.59. The van der Waals surface area contributed by atoms with Gasteiger partial charge >= 0.3 is 0 Å². The molecule has 0 spiro atoms. The van der Waals surface area contributed by atoms with E-state index in [4.69, 9.17) is 16.3 Å². The Kier molecular flexibility index (Phi) is 4.40. The second kappa shape index (κ2) is 5.41. The fraction of sp³-hybridized carbons (Fsp3) is 0.462. The number of benzene rings is 1. The van der Waals surface area contributed by atoms with Crippen molar-refractivity contribution in [3.05, 3.63) is 24.3 Å². The number of carbonyl (C=O) groups excluding carboxylic acids is 1. The van der Waals surface area contributed by atoms with Gasteiger partial charge in [0.25, 0.3) is 0 Å². The molecule has 1 rings (SSSR count). The molecule has 0 radical (unpaired) electrons. The number of alkyl halides is 1. The molecule has 0 unspecified atom stereocenters. The minimum absolute atomic E-state index is 0.0463. The summed E-state index contributed by atoms with van der Waals surface area (Å²) in [5, 5.41) is 0. The molecule has 0 saturated heterocycles. The van der Waals surface area contributed by atoms with Crippen molar-refractivity contribution >= 4 is 23.2 Å². The van der Waals surface area contributed by atoms with E-state index in [1.807, 2.05) is 45.0 Å². The van der Waals surface area contributed by atoms with Gasteiger partial charge in [-0.05, 0) is 32.9 Å². The largest absolute Gasteiger partial charge is 0.495 e. The van der Waals surface area contributed by atoms with Crippen molar-refractivity contribution in [2.75, 3.05) is 17.9 Å². The van der Waals surface area contributed by atoms with E-state index in [9.17, 15) is 4.79 Å². The zero-order valence-corrected chi connectivity index (χ0v) is 11.4. The quantitative estimate of drug-likeness (QED) is 0.777. The highest BCUT2D eigenvalue weighted by molar-refractivity contribution is 6.29. The molecule has 0 aliphatic rings. The van der Waals surface area contributed by atoms with E-state index in [1.54, 1.807) is 12.0 Å². The summed E-state index contributed by atoms with van der Waals surface area (Å²) in [7, 11) is 1.59. The predicted octanol–water partition coefficient (Wildman–Crippen LogP) is 3.07. The summed E-state index contributed by atoms with van der Waals surface area (Å²) in [6, 6.07) is 7.43. The molecule has 0 aliphatic heterocycles. The monoisotopic (exact) mass is 255 g/mol. The molecule has 0 aliphatic carbocycles. The lowest BCUT2D eigenvalue weighted by molar-refractivity contribution is -0.117. The second-order valence-corrected chi connectivity index (χ2v) is 4.97. The SMILES string of the molecule is COc1ccccc1N(C(=O)CCl)C(C)(C)C. The first-order chi connectivity index (χ1) is 7.91. The van der Waals surface area contributed by atoms with Crippen molar-refractivity contribution in [1.82, 2.24) is 0 Å². The van der Waals surface area contributed by atoms with Gasteiger partial charge in [0, 0.05) is 5.54 Å². The summed E-state index contributed by atoms with van der Waals surface area (Å²) >= 11 is 5.67. The van der Waals surface area contributed by atoms with Crippen molar-refractivity contribution < 1.29 is 9.53 Å². The highest BCUT2D eigenvalue weighted by Gasteiger charge is 2.29. The molecular formula is C13H18ClNO2. The zero-order chi connectivity index (χ0) is 13.1. The Morgan fingerprint density at radius 3 is 2.41 bits per heavy atom. The highest BCUT2D eigenvalue weighted by atomic mass is 35.5. The molecule has 3 nitrogen and oxygen atoms in total. The van der Waals surface area contributed by atoms with Crippen LogP contribution in [0.1, 0.15) is 20.8 Å². The Balaban J connectivity index is 3.27. The molecule has 1 amide bonds. The standard InChI is InChI=1S/C13H18ClNO2/c1-13(2,3)15(12(16)9-14)10-7-5-6-8-11(10)17-4/h5-8H,9H2,1-4H3. The normalized spacial score (nSPS) is 11.1. The van der Waals surface area contributed by atoms with Crippen LogP contribution in [-0.4, -0.2) is 24.4 Å². The van der Waals surface area contributed by atoms with Crippen LogP contribution < -0.4 is 9.64 Å². The Hall–Kier alpha value is -1.22. The molecular weight excluding hydrogens is 238 g/mol. The van der Waals surface area contributed by atoms with Gasteiger partial charge < -0.3 is 9.64 Å². The average Bonchev–Trinajstić information content (AvgIpc) is 2.28. The van der Waals surface area contributed by atoms with Crippen LogP contribution >= 0.6 is 11.6 Å². The summed E-state index contributed by atoms with van der Waals surface area (Å²) < 4.78 is 5.28. The molecule has 0 heterocycles. The number of ether oxygens (including phenoxy) is 1. The minimum Gasteiger partial charge on any atom is -0.495 e. The molecule has 0 atom stereocenters. The molecule has 17 heavy (non-hydrogen) atoms. The van der Waals surface area contributed by atoms with Gasteiger partial charge in [-0.15, -0.1) is 11.6 Å². The number of nitrogens with zero attached hydrogens (tertiary/aromatic N) is 1. The first-order valence-electron chi connectivity index (χ1n) is 5.44. The number of hydrogen-bond acceptors (Lipinski definition) is 2. The minimum atomic E-state index is -0.347. The summed E-state index contributed by atoms with van der Waals surface area (Å²) in [6.45, 7) is 5.89. The smallest absolute Gasteiger partial charge is 0.242 e. The van der Waals surface area contributed by atoms with Gasteiger partial charge in [-0.3, -0.25) is 4.79 Å². The number of carbonyl (C=O) groups is 1. The predicted molar refractivity (Wildman–Crippen MR) is 71.0 cm³/mol. The van der Waals surface area contributed by atoms with Gasteiger partial charge in [0.1, 0.15) is 11.6 Å². The maximum Gasteiger partial charge on any atom is 0.242 e. The zero-order valence-electron chi connectivity index (χ0n) is 10.7. The summed E-state index contributed by atoms with van der Waals surface area (Å²) in [4.78, 5) is 13.6. The number of para-hydroxylation sites is 2. The van der Waals surface area contributed by atoms with Crippen LogP contribution in [0.5, 0.6) is 5.75 Å². The average molecular weight is 256 g/mol. The summed E-state index contributed by atoms with van der Waals surface area (Å²) in [6.07, 6.45) is 0. The third-order valence-electron chi connectivity index (χ3n) is 2.36. The van der Waals surface area contributed by atoms with Gasteiger partial charge in [0.2, 0.25) is 5.91 Å². The van der Waals surface area contributed by atoms with Gasteiger partial charge in [-0.1, -0.05) is 12.1 Å². The van der Waals surface area contributed by atoms with Crippen LogP contribution in [0.25, 0.3) is 0 Å². The van der Waals surface area contributed by atoms with Gasteiger partial charge in [-0.2, -0.15) is 0 Å². The van der Waals surface area contributed by atoms with Crippen molar-refractivity contribution in [2.45, 2.75) is 26.3 Å². The molecule has 4 heteroatoms. The highest BCUT2D eigenvalue weighted by Crippen LogP contribution is 2.32. The lowest BCUT2D eigenvalue weighted by Crippen LogP contribution is -2.46. The number of hydrogen-bond donors (Lipinski definition) is 0. The molecule has 94 valence electrons.